The Morgan fingerprint density at radius 1 is 1.36 bits per heavy atom. The summed E-state index contributed by atoms with van der Waals surface area (Å²) in [5.41, 5.74) is 0.878. The molecule has 22 heavy (non-hydrogen) atoms. The van der Waals surface area contributed by atoms with E-state index in [-0.39, 0.29) is 36.9 Å². The van der Waals surface area contributed by atoms with Crippen LogP contribution in [0.5, 0.6) is 5.75 Å². The molecule has 2 fully saturated rings. The van der Waals surface area contributed by atoms with Crippen LogP contribution in [0, 0.1) is 0 Å². The Labute approximate surface area is 127 Å². The Kier molecular flexibility index (Phi) is 3.70. The molecule has 4 amide bonds. The smallest absolute Gasteiger partial charge is 0.324 e. The molecule has 7 heteroatoms. The van der Waals surface area contributed by atoms with Crippen LogP contribution < -0.4 is 10.1 Å². The first-order valence-electron chi connectivity index (χ1n) is 7.09. The van der Waals surface area contributed by atoms with Crippen LogP contribution in [0.25, 0.3) is 0 Å². The van der Waals surface area contributed by atoms with Crippen molar-refractivity contribution in [2.75, 3.05) is 26.7 Å². The molecule has 0 aliphatic carbocycles. The number of rotatable bonds is 4. The molecule has 0 atom stereocenters. The van der Waals surface area contributed by atoms with Crippen molar-refractivity contribution in [3.8, 4) is 5.75 Å². The number of urea groups is 1. The van der Waals surface area contributed by atoms with Crippen molar-refractivity contribution in [3.63, 3.8) is 0 Å². The van der Waals surface area contributed by atoms with Gasteiger partial charge in [-0.2, -0.15) is 0 Å². The molecule has 2 aliphatic rings. The summed E-state index contributed by atoms with van der Waals surface area (Å²) in [6.45, 7) is 0.858. The van der Waals surface area contributed by atoms with Crippen LogP contribution >= 0.6 is 0 Å². The first-order valence-corrected chi connectivity index (χ1v) is 7.09. The maximum Gasteiger partial charge on any atom is 0.324 e. The van der Waals surface area contributed by atoms with Gasteiger partial charge >= 0.3 is 6.03 Å². The first kappa shape index (κ1) is 14.4. The minimum atomic E-state index is -0.366. The maximum absolute atomic E-state index is 12.2. The van der Waals surface area contributed by atoms with Crippen LogP contribution in [0.15, 0.2) is 24.3 Å². The van der Waals surface area contributed by atoms with Crippen molar-refractivity contribution in [2.45, 2.75) is 12.5 Å². The summed E-state index contributed by atoms with van der Waals surface area (Å²) in [6.07, 6.45) is 0.282. The molecular formula is C15H17N3O4. The van der Waals surface area contributed by atoms with E-state index >= 15 is 0 Å². The van der Waals surface area contributed by atoms with Crippen molar-refractivity contribution in [1.82, 2.24) is 15.1 Å². The zero-order chi connectivity index (χ0) is 15.7. The summed E-state index contributed by atoms with van der Waals surface area (Å²) < 4.78 is 5.13. The van der Waals surface area contributed by atoms with Gasteiger partial charge in [-0.05, 0) is 17.7 Å². The number of ether oxygens (including phenoxy) is 1. The van der Waals surface area contributed by atoms with Crippen molar-refractivity contribution in [1.29, 1.82) is 0 Å². The molecular weight excluding hydrogens is 286 g/mol. The third-order valence-electron chi connectivity index (χ3n) is 3.95. The number of imide groups is 1. The topological polar surface area (TPSA) is 79.0 Å². The highest BCUT2D eigenvalue weighted by atomic mass is 16.5. The highest BCUT2D eigenvalue weighted by Gasteiger charge is 2.42. The lowest BCUT2D eigenvalue weighted by atomic mass is 10.0. The molecule has 0 unspecified atom stereocenters. The number of methoxy groups -OCH3 is 1. The Morgan fingerprint density at radius 2 is 2.14 bits per heavy atom. The second kappa shape index (κ2) is 5.67. The number of hydrogen-bond donors (Lipinski definition) is 1. The van der Waals surface area contributed by atoms with Crippen molar-refractivity contribution in [3.05, 3.63) is 29.8 Å². The summed E-state index contributed by atoms with van der Waals surface area (Å²) in [5.74, 6) is 0.470. The fraction of sp³-hybridized carbons (Fsp3) is 0.400. The predicted octanol–water partition coefficient (Wildman–Crippen LogP) is 0.000300. The van der Waals surface area contributed by atoms with Gasteiger partial charge in [-0.15, -0.1) is 0 Å². The Balaban J connectivity index is 1.55. The number of carbonyl (C=O) groups excluding carboxylic acids is 3. The Morgan fingerprint density at radius 3 is 2.77 bits per heavy atom. The van der Waals surface area contributed by atoms with Gasteiger partial charge in [-0.1, -0.05) is 12.1 Å². The standard InChI is InChI=1S/C15H17N3O4/c1-22-12-4-2-3-10(5-12)6-13(19)17-8-11(9-17)18-14(20)7-16-15(18)21/h2-5,11H,6-9H2,1H3,(H,16,21). The molecule has 1 aromatic carbocycles. The van der Waals surface area contributed by atoms with E-state index in [1.165, 1.54) is 4.90 Å². The summed E-state index contributed by atoms with van der Waals surface area (Å²) in [4.78, 5) is 38.2. The molecule has 7 nitrogen and oxygen atoms in total. The molecule has 0 bridgehead atoms. The largest absolute Gasteiger partial charge is 0.497 e. The van der Waals surface area contributed by atoms with Gasteiger partial charge in [0.15, 0.2) is 0 Å². The number of hydrogen-bond acceptors (Lipinski definition) is 4. The number of benzene rings is 1. The fourth-order valence-corrected chi connectivity index (χ4v) is 2.70. The van der Waals surface area contributed by atoms with Gasteiger partial charge in [-0.3, -0.25) is 14.5 Å². The normalized spacial score (nSPS) is 18.2. The summed E-state index contributed by atoms with van der Waals surface area (Å²) >= 11 is 0. The zero-order valence-corrected chi connectivity index (χ0v) is 12.2. The zero-order valence-electron chi connectivity index (χ0n) is 12.2. The number of likely N-dealkylation sites (tertiary alicyclic amines) is 1. The molecule has 2 aliphatic heterocycles. The van der Waals surface area contributed by atoms with E-state index < -0.39 is 0 Å². The first-order chi connectivity index (χ1) is 10.6. The lowest BCUT2D eigenvalue weighted by molar-refractivity contribution is -0.141. The lowest BCUT2D eigenvalue weighted by Crippen LogP contribution is -2.62. The molecule has 3 rings (SSSR count). The highest BCUT2D eigenvalue weighted by molar-refractivity contribution is 6.02. The van der Waals surface area contributed by atoms with Gasteiger partial charge in [0.2, 0.25) is 11.8 Å². The summed E-state index contributed by atoms with van der Waals surface area (Å²) in [5, 5.41) is 2.49. The van der Waals surface area contributed by atoms with Crippen LogP contribution in [0.2, 0.25) is 0 Å². The SMILES string of the molecule is COc1cccc(CC(=O)N2CC(N3C(=O)CNC3=O)C2)c1. The van der Waals surface area contributed by atoms with Crippen LogP contribution in [-0.2, 0) is 16.0 Å². The average molecular weight is 303 g/mol. The third-order valence-corrected chi connectivity index (χ3v) is 3.95. The van der Waals surface area contributed by atoms with Crippen molar-refractivity contribution in [2.24, 2.45) is 0 Å². The molecule has 116 valence electrons. The monoisotopic (exact) mass is 303 g/mol. The van der Waals surface area contributed by atoms with Crippen LogP contribution in [-0.4, -0.2) is 60.4 Å². The van der Waals surface area contributed by atoms with Gasteiger partial charge < -0.3 is 15.0 Å². The fourth-order valence-electron chi connectivity index (χ4n) is 2.70. The number of amides is 4. The molecule has 0 spiro atoms. The molecule has 2 saturated heterocycles. The highest BCUT2D eigenvalue weighted by Crippen LogP contribution is 2.20. The quantitative estimate of drug-likeness (QED) is 0.794. The minimum Gasteiger partial charge on any atom is -0.497 e. The van der Waals surface area contributed by atoms with Crippen molar-refractivity contribution < 1.29 is 19.1 Å². The van der Waals surface area contributed by atoms with E-state index in [0.717, 1.165) is 5.56 Å². The molecule has 0 saturated carbocycles. The second-order valence-electron chi connectivity index (χ2n) is 5.40. The summed E-state index contributed by atoms with van der Waals surface area (Å²) in [6, 6.07) is 6.79. The maximum atomic E-state index is 12.2. The van der Waals surface area contributed by atoms with Crippen LogP contribution in [0.4, 0.5) is 4.79 Å². The number of nitrogens with zero attached hydrogens (tertiary/aromatic N) is 2. The average Bonchev–Trinajstić information content (AvgIpc) is 2.78. The second-order valence-corrected chi connectivity index (χ2v) is 5.40. The van der Waals surface area contributed by atoms with E-state index in [0.29, 0.717) is 18.8 Å². The predicted molar refractivity (Wildman–Crippen MR) is 77.3 cm³/mol. The van der Waals surface area contributed by atoms with E-state index in [1.807, 2.05) is 24.3 Å². The van der Waals surface area contributed by atoms with Gasteiger partial charge in [0, 0.05) is 13.1 Å². The minimum absolute atomic E-state index is 0.0171. The van der Waals surface area contributed by atoms with E-state index in [1.54, 1.807) is 12.0 Å². The third kappa shape index (κ3) is 2.61. The molecule has 0 radical (unpaired) electrons. The van der Waals surface area contributed by atoms with Gasteiger partial charge in [0.05, 0.1) is 26.1 Å². The van der Waals surface area contributed by atoms with Gasteiger partial charge in [0.1, 0.15) is 5.75 Å². The number of nitrogens with one attached hydrogen (secondary N) is 1. The molecule has 1 N–H and O–H groups in total. The Hall–Kier alpha value is -2.57. The van der Waals surface area contributed by atoms with Crippen LogP contribution in [0.3, 0.4) is 0 Å². The van der Waals surface area contributed by atoms with Gasteiger partial charge in [-0.25, -0.2) is 4.79 Å². The van der Waals surface area contributed by atoms with E-state index in [2.05, 4.69) is 5.32 Å². The van der Waals surface area contributed by atoms with E-state index in [4.69, 9.17) is 4.74 Å². The van der Waals surface area contributed by atoms with Gasteiger partial charge in [0.25, 0.3) is 0 Å². The lowest BCUT2D eigenvalue weighted by Gasteiger charge is -2.42. The van der Waals surface area contributed by atoms with E-state index in [9.17, 15) is 14.4 Å². The summed E-state index contributed by atoms with van der Waals surface area (Å²) in [7, 11) is 1.58. The molecule has 1 aromatic rings. The molecule has 0 aromatic heterocycles. The molecule has 2 heterocycles. The Bertz CT molecular complexity index is 609. The van der Waals surface area contributed by atoms with Crippen molar-refractivity contribution >= 4 is 17.8 Å². The van der Waals surface area contributed by atoms with Crippen LogP contribution in [0.1, 0.15) is 5.56 Å². The number of carbonyl (C=O) groups is 3.